The van der Waals surface area contributed by atoms with Crippen LogP contribution in [0.3, 0.4) is 0 Å². The van der Waals surface area contributed by atoms with Crippen LogP contribution in [0.15, 0.2) is 36.4 Å². The summed E-state index contributed by atoms with van der Waals surface area (Å²) in [4.78, 5) is 58.5. The number of carbonyl (C=O) groups is 4. The molecule has 0 spiro atoms. The molecule has 0 aliphatic carbocycles. The Morgan fingerprint density at radius 3 is 2.34 bits per heavy atom. The molecule has 148 valence electrons. The lowest BCUT2D eigenvalue weighted by atomic mass is 10.1. The third kappa shape index (κ3) is 3.60. The van der Waals surface area contributed by atoms with Gasteiger partial charge in [-0.2, -0.15) is 0 Å². The third-order valence-corrected chi connectivity index (χ3v) is 4.35. The summed E-state index contributed by atoms with van der Waals surface area (Å²) in [7, 11) is 0. The van der Waals surface area contributed by atoms with E-state index >= 15 is 0 Å². The van der Waals surface area contributed by atoms with Gasteiger partial charge in [0.25, 0.3) is 17.5 Å². The number of rotatable bonds is 7. The van der Waals surface area contributed by atoms with Crippen molar-refractivity contribution in [3.05, 3.63) is 68.8 Å². The number of hydrogen-bond acceptors (Lipinski definition) is 7. The average molecular weight is 398 g/mol. The molecular formula is C18H14N4O7. The Bertz CT molecular complexity index is 1080. The fourth-order valence-electron chi connectivity index (χ4n) is 2.91. The van der Waals surface area contributed by atoms with Crippen molar-refractivity contribution in [2.45, 2.75) is 0 Å². The highest BCUT2D eigenvalue weighted by atomic mass is 16.6. The number of nitro benzene ring substituents is 1. The predicted molar refractivity (Wildman–Crippen MR) is 98.9 cm³/mol. The Labute approximate surface area is 162 Å². The van der Waals surface area contributed by atoms with Crippen LogP contribution in [0, 0.1) is 10.1 Å². The van der Waals surface area contributed by atoms with Gasteiger partial charge in [0, 0.05) is 24.7 Å². The van der Waals surface area contributed by atoms with Crippen molar-refractivity contribution < 1.29 is 29.2 Å². The van der Waals surface area contributed by atoms with Crippen molar-refractivity contribution in [3.63, 3.8) is 0 Å². The zero-order valence-electron chi connectivity index (χ0n) is 14.7. The number of nitrogens with one attached hydrogen (secondary N) is 1. The monoisotopic (exact) mass is 398 g/mol. The SMILES string of the molecule is NC(=O)c1ccc(NCCN2C(=O)c3ccc(C(=O)O)cc3C2=O)c([N+](=O)[O-])c1. The van der Waals surface area contributed by atoms with Crippen LogP contribution < -0.4 is 11.1 Å². The lowest BCUT2D eigenvalue weighted by Crippen LogP contribution is -2.34. The molecule has 0 fully saturated rings. The minimum absolute atomic E-state index is 0.00594. The molecule has 4 N–H and O–H groups in total. The minimum Gasteiger partial charge on any atom is -0.478 e. The second-order valence-corrected chi connectivity index (χ2v) is 6.11. The molecule has 11 heteroatoms. The summed E-state index contributed by atoms with van der Waals surface area (Å²) in [5.74, 6) is -3.26. The summed E-state index contributed by atoms with van der Waals surface area (Å²) in [6, 6.07) is 7.29. The molecule has 0 saturated heterocycles. The highest BCUT2D eigenvalue weighted by Gasteiger charge is 2.35. The summed E-state index contributed by atoms with van der Waals surface area (Å²) in [5, 5.41) is 23.0. The van der Waals surface area contributed by atoms with Gasteiger partial charge in [0.15, 0.2) is 0 Å². The number of amides is 3. The van der Waals surface area contributed by atoms with Crippen molar-refractivity contribution in [2.75, 3.05) is 18.4 Å². The van der Waals surface area contributed by atoms with E-state index in [4.69, 9.17) is 10.8 Å². The quantitative estimate of drug-likeness (QED) is 0.353. The van der Waals surface area contributed by atoms with E-state index in [1.165, 1.54) is 24.3 Å². The van der Waals surface area contributed by atoms with Crippen LogP contribution in [0.25, 0.3) is 0 Å². The number of fused-ring (bicyclic) bond motifs is 1. The normalized spacial score (nSPS) is 12.6. The number of nitro groups is 1. The number of carbonyl (C=O) groups excluding carboxylic acids is 3. The molecule has 0 bridgehead atoms. The van der Waals surface area contributed by atoms with E-state index in [1.807, 2.05) is 0 Å². The highest BCUT2D eigenvalue weighted by Crippen LogP contribution is 2.26. The number of nitrogens with two attached hydrogens (primary N) is 1. The van der Waals surface area contributed by atoms with E-state index in [-0.39, 0.29) is 46.7 Å². The van der Waals surface area contributed by atoms with Gasteiger partial charge in [0.1, 0.15) is 5.69 Å². The van der Waals surface area contributed by atoms with Gasteiger partial charge < -0.3 is 16.2 Å². The minimum atomic E-state index is -1.22. The second kappa shape index (κ2) is 7.38. The molecule has 0 aromatic heterocycles. The Morgan fingerprint density at radius 1 is 1.07 bits per heavy atom. The number of anilines is 1. The number of benzene rings is 2. The third-order valence-electron chi connectivity index (χ3n) is 4.35. The summed E-state index contributed by atoms with van der Waals surface area (Å²) in [5.41, 5.74) is 4.77. The number of aromatic carboxylic acids is 1. The summed E-state index contributed by atoms with van der Waals surface area (Å²) < 4.78 is 0. The van der Waals surface area contributed by atoms with Gasteiger partial charge >= 0.3 is 5.97 Å². The first kappa shape index (κ1) is 19.5. The van der Waals surface area contributed by atoms with E-state index < -0.39 is 28.6 Å². The van der Waals surface area contributed by atoms with Gasteiger partial charge in [-0.1, -0.05) is 0 Å². The van der Waals surface area contributed by atoms with E-state index in [9.17, 15) is 29.3 Å². The largest absolute Gasteiger partial charge is 0.478 e. The smallest absolute Gasteiger partial charge is 0.335 e. The fourth-order valence-corrected chi connectivity index (χ4v) is 2.91. The van der Waals surface area contributed by atoms with E-state index in [2.05, 4.69) is 5.32 Å². The Kier molecular flexibility index (Phi) is 4.96. The van der Waals surface area contributed by atoms with Crippen LogP contribution in [-0.4, -0.2) is 51.7 Å². The van der Waals surface area contributed by atoms with E-state index in [0.717, 1.165) is 17.0 Å². The molecule has 2 aromatic rings. The summed E-state index contributed by atoms with van der Waals surface area (Å²) in [6.45, 7) is -0.114. The van der Waals surface area contributed by atoms with Crippen LogP contribution in [0.4, 0.5) is 11.4 Å². The molecule has 3 rings (SSSR count). The van der Waals surface area contributed by atoms with Gasteiger partial charge in [-0.15, -0.1) is 0 Å². The maximum absolute atomic E-state index is 12.4. The number of carboxylic acid groups (broad SMARTS) is 1. The van der Waals surface area contributed by atoms with Crippen molar-refractivity contribution in [1.29, 1.82) is 0 Å². The molecule has 3 amide bonds. The van der Waals surface area contributed by atoms with Crippen LogP contribution >= 0.6 is 0 Å². The molecule has 1 aliphatic heterocycles. The molecule has 11 nitrogen and oxygen atoms in total. The van der Waals surface area contributed by atoms with Crippen LogP contribution in [-0.2, 0) is 0 Å². The van der Waals surface area contributed by atoms with Gasteiger partial charge in [0.05, 0.1) is 21.6 Å². The van der Waals surface area contributed by atoms with Crippen LogP contribution in [0.1, 0.15) is 41.4 Å². The predicted octanol–water partition coefficient (Wildman–Crippen LogP) is 1.10. The first-order chi connectivity index (χ1) is 13.7. The van der Waals surface area contributed by atoms with Gasteiger partial charge in [-0.05, 0) is 30.3 Å². The Balaban J connectivity index is 1.74. The van der Waals surface area contributed by atoms with Crippen molar-refractivity contribution in [2.24, 2.45) is 5.73 Å². The van der Waals surface area contributed by atoms with Gasteiger partial charge in [-0.25, -0.2) is 4.79 Å². The van der Waals surface area contributed by atoms with Gasteiger partial charge in [0.2, 0.25) is 5.91 Å². The summed E-state index contributed by atoms with van der Waals surface area (Å²) in [6.07, 6.45) is 0. The van der Waals surface area contributed by atoms with Crippen molar-refractivity contribution >= 4 is 35.1 Å². The lowest BCUT2D eigenvalue weighted by Gasteiger charge is -2.15. The molecule has 0 unspecified atom stereocenters. The number of nitrogens with zero attached hydrogens (tertiary/aromatic N) is 2. The second-order valence-electron chi connectivity index (χ2n) is 6.11. The molecule has 1 heterocycles. The Hall–Kier alpha value is -4.28. The Morgan fingerprint density at radius 2 is 1.72 bits per heavy atom. The lowest BCUT2D eigenvalue weighted by molar-refractivity contribution is -0.384. The zero-order valence-corrected chi connectivity index (χ0v) is 14.7. The molecular weight excluding hydrogens is 384 g/mol. The van der Waals surface area contributed by atoms with E-state index in [1.54, 1.807) is 0 Å². The molecule has 2 aromatic carbocycles. The molecule has 0 atom stereocenters. The maximum Gasteiger partial charge on any atom is 0.335 e. The molecule has 0 radical (unpaired) electrons. The van der Waals surface area contributed by atoms with Crippen LogP contribution in [0.2, 0.25) is 0 Å². The zero-order chi connectivity index (χ0) is 21.3. The highest BCUT2D eigenvalue weighted by molar-refractivity contribution is 6.21. The first-order valence-corrected chi connectivity index (χ1v) is 8.26. The van der Waals surface area contributed by atoms with Crippen molar-refractivity contribution in [3.8, 4) is 0 Å². The number of carboxylic acids is 1. The standard InChI is InChI=1S/C18H14N4O7/c19-15(23)9-2-4-13(14(8-9)22(28)29)20-5-6-21-16(24)11-3-1-10(18(26)27)7-12(11)17(21)25/h1-4,7-8,20H,5-6H2,(H2,19,23)(H,26,27). The topological polar surface area (TPSA) is 173 Å². The van der Waals surface area contributed by atoms with Crippen molar-refractivity contribution in [1.82, 2.24) is 4.90 Å². The number of primary amides is 1. The molecule has 0 saturated carbocycles. The first-order valence-electron chi connectivity index (χ1n) is 8.26. The van der Waals surface area contributed by atoms with Gasteiger partial charge in [-0.3, -0.25) is 29.4 Å². The maximum atomic E-state index is 12.4. The molecule has 29 heavy (non-hydrogen) atoms. The fraction of sp³-hybridized carbons (Fsp3) is 0.111. The van der Waals surface area contributed by atoms with E-state index in [0.29, 0.717) is 0 Å². The summed E-state index contributed by atoms with van der Waals surface area (Å²) >= 11 is 0. The molecule has 1 aliphatic rings. The average Bonchev–Trinajstić information content (AvgIpc) is 2.92. The van der Waals surface area contributed by atoms with Crippen LogP contribution in [0.5, 0.6) is 0 Å². The number of hydrogen-bond donors (Lipinski definition) is 3. The number of imide groups is 1.